The zero-order chi connectivity index (χ0) is 13.8. The van der Waals surface area contributed by atoms with Gasteiger partial charge in [0.2, 0.25) is 5.95 Å². The van der Waals surface area contributed by atoms with E-state index in [1.54, 1.807) is 12.4 Å². The molecule has 0 unspecified atom stereocenters. The van der Waals surface area contributed by atoms with Crippen molar-refractivity contribution < 1.29 is 0 Å². The highest BCUT2D eigenvalue weighted by atomic mass is 15.3. The largest absolute Gasteiger partial charge is 0.373 e. The number of rotatable bonds is 3. The second-order valence-electron chi connectivity index (χ2n) is 4.67. The molecule has 2 aromatic rings. The summed E-state index contributed by atoms with van der Waals surface area (Å²) in [5, 5.41) is 3.07. The predicted octanol–water partition coefficient (Wildman–Crippen LogP) is 1.24. The second kappa shape index (κ2) is 5.73. The van der Waals surface area contributed by atoms with Gasteiger partial charge in [-0.25, -0.2) is 15.0 Å². The van der Waals surface area contributed by atoms with E-state index in [0.717, 1.165) is 37.9 Å². The van der Waals surface area contributed by atoms with Crippen molar-refractivity contribution in [2.75, 3.05) is 48.3 Å². The van der Waals surface area contributed by atoms with Gasteiger partial charge in [0, 0.05) is 63.6 Å². The van der Waals surface area contributed by atoms with Crippen LogP contribution >= 0.6 is 0 Å². The van der Waals surface area contributed by atoms with Crippen LogP contribution in [0.2, 0.25) is 0 Å². The van der Waals surface area contributed by atoms with Gasteiger partial charge in [0.25, 0.3) is 0 Å². The van der Waals surface area contributed by atoms with Gasteiger partial charge in [0.05, 0.1) is 0 Å². The molecule has 0 aromatic carbocycles. The van der Waals surface area contributed by atoms with Crippen LogP contribution in [0, 0.1) is 0 Å². The third kappa shape index (κ3) is 2.64. The summed E-state index contributed by atoms with van der Waals surface area (Å²) < 4.78 is 0. The van der Waals surface area contributed by atoms with Gasteiger partial charge in [-0.15, -0.1) is 0 Å². The van der Waals surface area contributed by atoms with Crippen molar-refractivity contribution in [2.45, 2.75) is 0 Å². The monoisotopic (exact) mass is 270 g/mol. The molecule has 0 atom stereocenters. The smallest absolute Gasteiger partial charge is 0.225 e. The molecular weight excluding hydrogens is 252 g/mol. The van der Waals surface area contributed by atoms with E-state index in [1.165, 1.54) is 5.69 Å². The first-order valence-corrected chi connectivity index (χ1v) is 6.77. The Morgan fingerprint density at radius 1 is 0.950 bits per heavy atom. The summed E-state index contributed by atoms with van der Waals surface area (Å²) in [5.74, 6) is 1.72. The maximum atomic E-state index is 4.30. The Bertz CT molecular complexity index is 551. The van der Waals surface area contributed by atoms with Crippen molar-refractivity contribution in [3.8, 4) is 0 Å². The van der Waals surface area contributed by atoms with Gasteiger partial charge in [0.15, 0.2) is 0 Å². The van der Waals surface area contributed by atoms with Crippen molar-refractivity contribution in [2.24, 2.45) is 0 Å². The van der Waals surface area contributed by atoms with Gasteiger partial charge in [-0.2, -0.15) is 0 Å². The molecule has 0 aliphatic carbocycles. The van der Waals surface area contributed by atoms with Gasteiger partial charge in [-0.1, -0.05) is 0 Å². The number of nitrogens with zero attached hydrogens (tertiary/aromatic N) is 5. The molecule has 1 aliphatic heterocycles. The molecule has 104 valence electrons. The highest BCUT2D eigenvalue weighted by Crippen LogP contribution is 2.19. The van der Waals surface area contributed by atoms with Crippen molar-refractivity contribution in [1.82, 2.24) is 15.0 Å². The minimum absolute atomic E-state index is 0.817. The topological polar surface area (TPSA) is 57.2 Å². The van der Waals surface area contributed by atoms with Crippen LogP contribution in [0.3, 0.4) is 0 Å². The Kier molecular flexibility index (Phi) is 3.62. The van der Waals surface area contributed by atoms with Crippen LogP contribution in [-0.2, 0) is 0 Å². The first-order valence-electron chi connectivity index (χ1n) is 6.77. The molecule has 1 N–H and O–H groups in total. The van der Waals surface area contributed by atoms with Crippen LogP contribution in [0.25, 0.3) is 0 Å². The SMILES string of the molecule is CNc1cc(N2CCN(c3ncccn3)CC2)ccn1. The Morgan fingerprint density at radius 3 is 2.35 bits per heavy atom. The average molecular weight is 270 g/mol. The Balaban J connectivity index is 1.66. The van der Waals surface area contributed by atoms with Crippen molar-refractivity contribution in [3.05, 3.63) is 36.8 Å². The molecule has 1 aliphatic rings. The van der Waals surface area contributed by atoms with Crippen LogP contribution in [0.15, 0.2) is 36.8 Å². The zero-order valence-electron chi connectivity index (χ0n) is 11.5. The molecule has 3 rings (SSSR count). The number of pyridine rings is 1. The van der Waals surface area contributed by atoms with Gasteiger partial charge in [-0.05, 0) is 12.1 Å². The van der Waals surface area contributed by atoms with Crippen LogP contribution < -0.4 is 15.1 Å². The first-order chi connectivity index (χ1) is 9.86. The lowest BCUT2D eigenvalue weighted by molar-refractivity contribution is 0.640. The van der Waals surface area contributed by atoms with Crippen molar-refractivity contribution in [3.63, 3.8) is 0 Å². The van der Waals surface area contributed by atoms with E-state index in [0.29, 0.717) is 0 Å². The minimum atomic E-state index is 0.817. The number of aromatic nitrogens is 3. The molecule has 0 bridgehead atoms. The number of nitrogens with one attached hydrogen (secondary N) is 1. The summed E-state index contributed by atoms with van der Waals surface area (Å²) in [6.45, 7) is 3.79. The maximum absolute atomic E-state index is 4.30. The molecule has 0 spiro atoms. The molecule has 6 heteroatoms. The number of piperazine rings is 1. The predicted molar refractivity (Wildman–Crippen MR) is 80.2 cm³/mol. The quantitative estimate of drug-likeness (QED) is 0.905. The molecule has 6 nitrogen and oxygen atoms in total. The second-order valence-corrected chi connectivity index (χ2v) is 4.67. The Labute approximate surface area is 118 Å². The molecule has 0 saturated carbocycles. The van der Waals surface area contributed by atoms with Gasteiger partial charge in [-0.3, -0.25) is 0 Å². The molecule has 0 radical (unpaired) electrons. The van der Waals surface area contributed by atoms with E-state index in [-0.39, 0.29) is 0 Å². The van der Waals surface area contributed by atoms with Crippen molar-refractivity contribution >= 4 is 17.5 Å². The first kappa shape index (κ1) is 12.7. The summed E-state index contributed by atoms with van der Waals surface area (Å²) in [6, 6.07) is 5.97. The number of hydrogen-bond donors (Lipinski definition) is 1. The van der Waals surface area contributed by atoms with Crippen molar-refractivity contribution in [1.29, 1.82) is 0 Å². The minimum Gasteiger partial charge on any atom is -0.373 e. The highest BCUT2D eigenvalue weighted by Gasteiger charge is 2.19. The summed E-state index contributed by atoms with van der Waals surface area (Å²) in [4.78, 5) is 17.4. The number of hydrogen-bond acceptors (Lipinski definition) is 6. The van der Waals surface area contributed by atoms with E-state index < -0.39 is 0 Å². The molecule has 2 aromatic heterocycles. The Morgan fingerprint density at radius 2 is 1.65 bits per heavy atom. The summed E-state index contributed by atoms with van der Waals surface area (Å²) in [6.07, 6.45) is 5.42. The third-order valence-corrected chi connectivity index (χ3v) is 3.48. The van der Waals surface area contributed by atoms with E-state index in [9.17, 15) is 0 Å². The van der Waals surface area contributed by atoms with Gasteiger partial charge < -0.3 is 15.1 Å². The van der Waals surface area contributed by atoms with E-state index in [2.05, 4.69) is 42.2 Å². The maximum Gasteiger partial charge on any atom is 0.225 e. The molecule has 1 fully saturated rings. The molecular formula is C14H18N6. The average Bonchev–Trinajstić information content (AvgIpc) is 2.56. The number of anilines is 3. The fourth-order valence-corrected chi connectivity index (χ4v) is 2.37. The van der Waals surface area contributed by atoms with Crippen LogP contribution in [-0.4, -0.2) is 48.2 Å². The summed E-state index contributed by atoms with van der Waals surface area (Å²) >= 11 is 0. The molecule has 1 saturated heterocycles. The lowest BCUT2D eigenvalue weighted by Gasteiger charge is -2.36. The summed E-state index contributed by atoms with van der Waals surface area (Å²) in [7, 11) is 1.89. The molecule has 3 heterocycles. The van der Waals surface area contributed by atoms with E-state index in [4.69, 9.17) is 0 Å². The zero-order valence-corrected chi connectivity index (χ0v) is 11.5. The fraction of sp³-hybridized carbons (Fsp3) is 0.357. The van der Waals surface area contributed by atoms with Gasteiger partial charge >= 0.3 is 0 Å². The van der Waals surface area contributed by atoms with E-state index >= 15 is 0 Å². The van der Waals surface area contributed by atoms with Crippen LogP contribution in [0.1, 0.15) is 0 Å². The Hall–Kier alpha value is -2.37. The van der Waals surface area contributed by atoms with E-state index in [1.807, 2.05) is 19.3 Å². The highest BCUT2D eigenvalue weighted by molar-refractivity contribution is 5.54. The van der Waals surface area contributed by atoms with Crippen LogP contribution in [0.5, 0.6) is 0 Å². The molecule has 20 heavy (non-hydrogen) atoms. The third-order valence-electron chi connectivity index (χ3n) is 3.48. The van der Waals surface area contributed by atoms with Crippen LogP contribution in [0.4, 0.5) is 17.5 Å². The summed E-state index contributed by atoms with van der Waals surface area (Å²) in [5.41, 5.74) is 1.21. The molecule has 0 amide bonds. The fourth-order valence-electron chi connectivity index (χ4n) is 2.37. The lowest BCUT2D eigenvalue weighted by atomic mass is 10.2. The van der Waals surface area contributed by atoms with Gasteiger partial charge in [0.1, 0.15) is 5.82 Å². The lowest BCUT2D eigenvalue weighted by Crippen LogP contribution is -2.47. The normalized spacial score (nSPS) is 15.2. The standard InChI is InChI=1S/C14H18N6/c1-15-13-11-12(3-6-16-13)19-7-9-20(10-8-19)14-17-4-2-5-18-14/h2-6,11H,7-10H2,1H3,(H,15,16).